The minimum absolute atomic E-state index is 0.119. The van der Waals surface area contributed by atoms with Crippen LogP contribution in [-0.4, -0.2) is 19.3 Å². The van der Waals surface area contributed by atoms with E-state index in [4.69, 9.17) is 11.5 Å². The maximum atomic E-state index is 5.46. The van der Waals surface area contributed by atoms with Crippen molar-refractivity contribution in [2.24, 2.45) is 11.5 Å². The van der Waals surface area contributed by atoms with Crippen LogP contribution in [0.1, 0.15) is 58.3 Å². The van der Waals surface area contributed by atoms with Crippen LogP contribution in [0.3, 0.4) is 0 Å². The molecule has 0 rings (SSSR count). The lowest BCUT2D eigenvalue weighted by atomic mass is 10.1. The van der Waals surface area contributed by atoms with Crippen molar-refractivity contribution in [3.05, 3.63) is 0 Å². The van der Waals surface area contributed by atoms with Crippen LogP contribution in [0.25, 0.3) is 0 Å². The van der Waals surface area contributed by atoms with Crippen LogP contribution in [0.5, 0.6) is 0 Å². The number of hydrogen-bond donors (Lipinski definition) is 3. The van der Waals surface area contributed by atoms with Gasteiger partial charge < -0.3 is 16.8 Å². The molecule has 0 aromatic rings. The van der Waals surface area contributed by atoms with Crippen LogP contribution in [-0.2, 0) is 0 Å². The van der Waals surface area contributed by atoms with Gasteiger partial charge in [0.1, 0.15) is 0 Å². The lowest BCUT2D eigenvalue weighted by Gasteiger charge is -2.06. The molecular weight excluding hydrogens is 186 g/mol. The third-order valence-corrected chi connectivity index (χ3v) is 2.60. The number of nitrogens with one attached hydrogen (secondary N) is 1. The molecule has 0 heterocycles. The first-order valence-corrected chi connectivity index (χ1v) is 6.49. The Morgan fingerprint density at radius 3 is 2.00 bits per heavy atom. The summed E-state index contributed by atoms with van der Waals surface area (Å²) in [4.78, 5) is 0. The molecule has 0 amide bonds. The predicted octanol–water partition coefficient (Wildman–Crippen LogP) is 1.96. The molecule has 0 bridgehead atoms. The Bertz CT molecular complexity index is 115. The highest BCUT2D eigenvalue weighted by molar-refractivity contribution is 4.54. The van der Waals surface area contributed by atoms with E-state index in [1.54, 1.807) is 0 Å². The number of rotatable bonds is 11. The van der Waals surface area contributed by atoms with Gasteiger partial charge in [0.2, 0.25) is 0 Å². The Hall–Kier alpha value is -0.120. The Balaban J connectivity index is 2.87. The van der Waals surface area contributed by atoms with Gasteiger partial charge in [-0.15, -0.1) is 0 Å². The Morgan fingerprint density at radius 2 is 1.47 bits per heavy atom. The van der Waals surface area contributed by atoms with E-state index in [0.29, 0.717) is 0 Å². The minimum atomic E-state index is -0.119. The van der Waals surface area contributed by atoms with Crippen molar-refractivity contribution >= 4 is 0 Å². The van der Waals surface area contributed by atoms with Crippen LogP contribution >= 0.6 is 0 Å². The largest absolute Gasteiger partial charge is 0.317 e. The molecule has 5 N–H and O–H groups in total. The van der Waals surface area contributed by atoms with Gasteiger partial charge in [0.15, 0.2) is 0 Å². The molecule has 3 nitrogen and oxygen atoms in total. The lowest BCUT2D eigenvalue weighted by Crippen LogP contribution is -2.29. The molecule has 3 heteroatoms. The third-order valence-electron chi connectivity index (χ3n) is 2.60. The van der Waals surface area contributed by atoms with Crippen molar-refractivity contribution in [3.63, 3.8) is 0 Å². The summed E-state index contributed by atoms with van der Waals surface area (Å²) < 4.78 is 0. The SMILES string of the molecule is CCCCCCNCCCCCC(N)N. The topological polar surface area (TPSA) is 64.1 Å². The van der Waals surface area contributed by atoms with Crippen molar-refractivity contribution in [1.29, 1.82) is 0 Å². The number of hydrogen-bond acceptors (Lipinski definition) is 3. The van der Waals surface area contributed by atoms with Gasteiger partial charge >= 0.3 is 0 Å². The van der Waals surface area contributed by atoms with E-state index in [1.165, 1.54) is 45.1 Å². The Kier molecular flexibility index (Phi) is 11.9. The first-order valence-electron chi connectivity index (χ1n) is 6.49. The summed E-state index contributed by atoms with van der Waals surface area (Å²) in [7, 11) is 0. The van der Waals surface area contributed by atoms with E-state index in [0.717, 1.165) is 19.4 Å². The van der Waals surface area contributed by atoms with Gasteiger partial charge in [0, 0.05) is 0 Å². The molecule has 0 atom stereocenters. The quantitative estimate of drug-likeness (QED) is 0.365. The zero-order chi connectivity index (χ0) is 11.4. The molecule has 0 spiro atoms. The highest BCUT2D eigenvalue weighted by atomic mass is 14.8. The van der Waals surface area contributed by atoms with E-state index in [2.05, 4.69) is 12.2 Å². The fourth-order valence-corrected chi connectivity index (χ4v) is 1.61. The average Bonchev–Trinajstić information content (AvgIpc) is 2.20. The van der Waals surface area contributed by atoms with Crippen LogP contribution in [0.15, 0.2) is 0 Å². The molecular formula is C12H29N3. The lowest BCUT2D eigenvalue weighted by molar-refractivity contribution is 0.535. The van der Waals surface area contributed by atoms with Crippen molar-refractivity contribution in [2.45, 2.75) is 64.5 Å². The summed E-state index contributed by atoms with van der Waals surface area (Å²) in [6.45, 7) is 4.57. The minimum Gasteiger partial charge on any atom is -0.317 e. The van der Waals surface area contributed by atoms with Crippen LogP contribution in [0.4, 0.5) is 0 Å². The molecule has 0 fully saturated rings. The van der Waals surface area contributed by atoms with Gasteiger partial charge in [-0.2, -0.15) is 0 Å². The third kappa shape index (κ3) is 13.9. The second kappa shape index (κ2) is 12.0. The zero-order valence-electron chi connectivity index (χ0n) is 10.3. The molecule has 0 saturated heterocycles. The molecule has 0 unspecified atom stereocenters. The standard InChI is InChI=1S/C12H29N3/c1-2-3-4-7-10-15-11-8-5-6-9-12(13)14/h12,15H,2-11,13-14H2,1H3. The highest BCUT2D eigenvalue weighted by Gasteiger charge is 1.94. The highest BCUT2D eigenvalue weighted by Crippen LogP contribution is 2.00. The molecule has 15 heavy (non-hydrogen) atoms. The van der Waals surface area contributed by atoms with Gasteiger partial charge in [0.05, 0.1) is 6.17 Å². The second-order valence-electron chi connectivity index (χ2n) is 4.32. The number of nitrogens with two attached hydrogens (primary N) is 2. The Morgan fingerprint density at radius 1 is 0.867 bits per heavy atom. The van der Waals surface area contributed by atoms with E-state index >= 15 is 0 Å². The van der Waals surface area contributed by atoms with Crippen LogP contribution < -0.4 is 16.8 Å². The van der Waals surface area contributed by atoms with E-state index in [-0.39, 0.29) is 6.17 Å². The molecule has 0 aliphatic heterocycles. The zero-order valence-corrected chi connectivity index (χ0v) is 10.3. The maximum Gasteiger partial charge on any atom is 0.0520 e. The smallest absolute Gasteiger partial charge is 0.0520 e. The molecule has 0 aliphatic rings. The molecule has 0 aromatic heterocycles. The number of unbranched alkanes of at least 4 members (excludes halogenated alkanes) is 5. The summed E-state index contributed by atoms with van der Waals surface area (Å²) in [5.74, 6) is 0. The van der Waals surface area contributed by atoms with Crippen molar-refractivity contribution in [1.82, 2.24) is 5.32 Å². The normalized spacial score (nSPS) is 11.2. The molecule has 0 radical (unpaired) electrons. The van der Waals surface area contributed by atoms with Gasteiger partial charge in [-0.3, -0.25) is 0 Å². The summed E-state index contributed by atoms with van der Waals surface area (Å²) in [6.07, 6.45) is 9.87. The molecule has 0 aromatic carbocycles. The fraction of sp³-hybridized carbons (Fsp3) is 1.00. The summed E-state index contributed by atoms with van der Waals surface area (Å²) in [5, 5.41) is 3.47. The van der Waals surface area contributed by atoms with Gasteiger partial charge in [0.25, 0.3) is 0 Å². The van der Waals surface area contributed by atoms with Crippen molar-refractivity contribution < 1.29 is 0 Å². The molecule has 92 valence electrons. The van der Waals surface area contributed by atoms with Gasteiger partial charge in [-0.25, -0.2) is 0 Å². The Labute approximate surface area is 95.0 Å². The average molecular weight is 215 g/mol. The molecule has 0 aliphatic carbocycles. The van der Waals surface area contributed by atoms with Crippen molar-refractivity contribution in [2.75, 3.05) is 13.1 Å². The first kappa shape index (κ1) is 14.9. The summed E-state index contributed by atoms with van der Waals surface area (Å²) in [6, 6.07) is 0. The maximum absolute atomic E-state index is 5.46. The molecule has 0 saturated carbocycles. The fourth-order valence-electron chi connectivity index (χ4n) is 1.61. The van der Waals surface area contributed by atoms with Crippen LogP contribution in [0.2, 0.25) is 0 Å². The predicted molar refractivity (Wildman–Crippen MR) is 67.6 cm³/mol. The van der Waals surface area contributed by atoms with Gasteiger partial charge in [-0.1, -0.05) is 39.0 Å². The summed E-state index contributed by atoms with van der Waals surface area (Å²) >= 11 is 0. The second-order valence-corrected chi connectivity index (χ2v) is 4.32. The van der Waals surface area contributed by atoms with E-state index in [9.17, 15) is 0 Å². The van der Waals surface area contributed by atoms with Gasteiger partial charge in [-0.05, 0) is 32.4 Å². The van der Waals surface area contributed by atoms with Crippen molar-refractivity contribution in [3.8, 4) is 0 Å². The van der Waals surface area contributed by atoms with E-state index < -0.39 is 0 Å². The monoisotopic (exact) mass is 215 g/mol. The summed E-state index contributed by atoms with van der Waals surface area (Å²) in [5.41, 5.74) is 10.9. The van der Waals surface area contributed by atoms with Crippen LogP contribution in [0, 0.1) is 0 Å². The van der Waals surface area contributed by atoms with E-state index in [1.807, 2.05) is 0 Å². The first-order chi connectivity index (χ1) is 7.27.